The molecule has 0 radical (unpaired) electrons. The number of benzene rings is 2. The summed E-state index contributed by atoms with van der Waals surface area (Å²) in [7, 11) is 0. The molecule has 1 saturated heterocycles. The maximum Gasteiger partial charge on any atom is 0.187 e. The Morgan fingerprint density at radius 3 is 2.63 bits per heavy atom. The van der Waals surface area contributed by atoms with Crippen molar-refractivity contribution in [1.29, 1.82) is 0 Å². The van der Waals surface area contributed by atoms with Crippen LogP contribution in [0.2, 0.25) is 0 Å². The maximum absolute atomic E-state index is 13.7. The van der Waals surface area contributed by atoms with Crippen LogP contribution in [0.5, 0.6) is 5.75 Å². The second-order valence-corrected chi connectivity index (χ2v) is 9.77. The Morgan fingerprint density at radius 2 is 1.89 bits per heavy atom. The molecule has 2 aliphatic rings. The number of piperidine rings is 1. The molecule has 0 amide bonds. The van der Waals surface area contributed by atoms with E-state index in [0.717, 1.165) is 34.6 Å². The van der Waals surface area contributed by atoms with E-state index >= 15 is 0 Å². The molecule has 1 fully saturated rings. The molecule has 5 heteroatoms. The monoisotopic (exact) mass is 445 g/mol. The number of fused-ring (bicyclic) bond motifs is 1. The summed E-state index contributed by atoms with van der Waals surface area (Å²) in [6.07, 6.45) is 3.71. The van der Waals surface area contributed by atoms with Crippen molar-refractivity contribution in [2.45, 2.75) is 35.8 Å². The van der Waals surface area contributed by atoms with Gasteiger partial charge in [-0.1, -0.05) is 40.5 Å². The lowest BCUT2D eigenvalue weighted by molar-refractivity contribution is 0.0807. The first-order valence-corrected chi connectivity index (χ1v) is 11.1. The Labute approximate surface area is 173 Å². The van der Waals surface area contributed by atoms with Crippen LogP contribution in [0.15, 0.2) is 51.8 Å². The lowest BCUT2D eigenvalue weighted by Crippen LogP contribution is -2.53. The average molecular weight is 446 g/mol. The third-order valence-electron chi connectivity index (χ3n) is 5.36. The van der Waals surface area contributed by atoms with E-state index in [0.29, 0.717) is 17.9 Å². The number of ketones is 1. The summed E-state index contributed by atoms with van der Waals surface area (Å²) >= 11 is 5.24. The number of Topliss-reactive ketones (excluding diaryl/α,β-unsaturated/α-hetero) is 1. The Bertz CT molecular complexity index is 836. The van der Waals surface area contributed by atoms with Crippen LogP contribution < -0.4 is 4.74 Å². The van der Waals surface area contributed by atoms with Crippen LogP contribution >= 0.6 is 27.7 Å². The highest BCUT2D eigenvalue weighted by atomic mass is 79.9. The summed E-state index contributed by atoms with van der Waals surface area (Å²) in [5.41, 5.74) is 1.78. The van der Waals surface area contributed by atoms with E-state index in [2.05, 4.69) is 33.0 Å². The average Bonchev–Trinajstić information content (AvgIpc) is 2.68. The number of likely N-dealkylation sites (tertiary alicyclic amines) is 1. The lowest BCUT2D eigenvalue weighted by Gasteiger charge is -2.40. The molecule has 2 aromatic rings. The number of rotatable bonds is 4. The van der Waals surface area contributed by atoms with E-state index < -0.39 is 4.75 Å². The maximum atomic E-state index is 13.7. The van der Waals surface area contributed by atoms with E-state index in [9.17, 15) is 4.79 Å². The molecule has 0 spiro atoms. The number of aryl methyl sites for hydroxylation is 1. The van der Waals surface area contributed by atoms with Gasteiger partial charge in [-0.25, -0.2) is 0 Å². The second kappa shape index (κ2) is 7.98. The summed E-state index contributed by atoms with van der Waals surface area (Å²) in [4.78, 5) is 17.3. The number of nitrogens with zero attached hydrogens (tertiary/aromatic N) is 1. The number of ether oxygens (including phenoxy) is 1. The molecular weight excluding hydrogens is 422 g/mol. The minimum atomic E-state index is -0.611. The van der Waals surface area contributed by atoms with E-state index in [1.165, 1.54) is 19.3 Å². The molecule has 27 heavy (non-hydrogen) atoms. The number of carbonyl (C=O) groups is 1. The van der Waals surface area contributed by atoms with Crippen LogP contribution in [0.25, 0.3) is 0 Å². The summed E-state index contributed by atoms with van der Waals surface area (Å²) in [5, 5.41) is 0. The highest BCUT2D eigenvalue weighted by molar-refractivity contribution is 9.10. The third kappa shape index (κ3) is 3.96. The first kappa shape index (κ1) is 19.0. The molecule has 142 valence electrons. The van der Waals surface area contributed by atoms with E-state index in [4.69, 9.17) is 4.74 Å². The van der Waals surface area contributed by atoms with Gasteiger partial charge in [0.25, 0.3) is 0 Å². The predicted octanol–water partition coefficient (Wildman–Crippen LogP) is 5.35. The fourth-order valence-electron chi connectivity index (χ4n) is 3.88. The summed E-state index contributed by atoms with van der Waals surface area (Å²) in [6.45, 7) is 5.29. The van der Waals surface area contributed by atoms with Gasteiger partial charge in [0.1, 0.15) is 17.1 Å². The van der Waals surface area contributed by atoms with Crippen molar-refractivity contribution < 1.29 is 9.53 Å². The second-order valence-electron chi connectivity index (χ2n) is 7.46. The SMILES string of the molecule is Cc1cc2c(cc1Br)C(=O)[C@](CN1CCCCC1)(Sc1ccccc1)CO2. The van der Waals surface area contributed by atoms with Crippen molar-refractivity contribution in [3.05, 3.63) is 58.1 Å². The molecule has 0 N–H and O–H groups in total. The summed E-state index contributed by atoms with van der Waals surface area (Å²) in [6, 6.07) is 14.1. The van der Waals surface area contributed by atoms with Gasteiger partial charge in [0.05, 0.1) is 5.56 Å². The van der Waals surface area contributed by atoms with Crippen LogP contribution in [0.1, 0.15) is 35.2 Å². The van der Waals surface area contributed by atoms with Gasteiger partial charge in [-0.15, -0.1) is 11.8 Å². The van der Waals surface area contributed by atoms with Crippen LogP contribution in [0.4, 0.5) is 0 Å². The largest absolute Gasteiger partial charge is 0.491 e. The van der Waals surface area contributed by atoms with Crippen LogP contribution in [-0.2, 0) is 0 Å². The number of carbonyl (C=O) groups excluding carboxylic acids is 1. The molecule has 2 heterocycles. The minimum Gasteiger partial charge on any atom is -0.491 e. The molecule has 4 rings (SSSR count). The van der Waals surface area contributed by atoms with Crippen molar-refractivity contribution in [2.75, 3.05) is 26.2 Å². The van der Waals surface area contributed by atoms with Crippen molar-refractivity contribution >= 4 is 33.5 Å². The molecule has 0 bridgehead atoms. The van der Waals surface area contributed by atoms with E-state index in [1.807, 2.05) is 37.3 Å². The minimum absolute atomic E-state index is 0.184. The topological polar surface area (TPSA) is 29.5 Å². The number of halogens is 1. The molecule has 2 aromatic carbocycles. The third-order valence-corrected chi connectivity index (χ3v) is 7.55. The van der Waals surface area contributed by atoms with E-state index in [-0.39, 0.29) is 5.78 Å². The zero-order valence-electron chi connectivity index (χ0n) is 15.5. The zero-order valence-corrected chi connectivity index (χ0v) is 17.9. The number of thioether (sulfide) groups is 1. The molecule has 0 saturated carbocycles. The molecule has 0 aromatic heterocycles. The molecule has 3 nitrogen and oxygen atoms in total. The molecule has 0 aliphatic carbocycles. The quantitative estimate of drug-likeness (QED) is 0.634. The number of hydrogen-bond donors (Lipinski definition) is 0. The van der Waals surface area contributed by atoms with Crippen LogP contribution in [0.3, 0.4) is 0 Å². The van der Waals surface area contributed by atoms with Crippen molar-refractivity contribution in [3.63, 3.8) is 0 Å². The number of hydrogen-bond acceptors (Lipinski definition) is 4. The molecule has 0 unspecified atom stereocenters. The fourth-order valence-corrected chi connectivity index (χ4v) is 5.53. The molecular formula is C22H24BrNO2S. The Balaban J connectivity index is 1.70. The van der Waals surface area contributed by atoms with Gasteiger partial charge in [0.2, 0.25) is 0 Å². The van der Waals surface area contributed by atoms with Gasteiger partial charge in [0.15, 0.2) is 5.78 Å². The standard InChI is InChI=1S/C22H24BrNO2S/c1-16-12-20-18(13-19(16)23)21(25)22(15-26-20,14-24-10-6-3-7-11-24)27-17-8-4-2-5-9-17/h2,4-5,8-9,12-13H,3,6-7,10-11,14-15H2,1H3/t22-/m1/s1. The van der Waals surface area contributed by atoms with Crippen molar-refractivity contribution in [2.24, 2.45) is 0 Å². The fraction of sp³-hybridized carbons (Fsp3) is 0.409. The van der Waals surface area contributed by atoms with Crippen molar-refractivity contribution in [3.8, 4) is 5.75 Å². The zero-order chi connectivity index (χ0) is 18.9. The normalized spacial score (nSPS) is 23.0. The molecule has 2 aliphatic heterocycles. The van der Waals surface area contributed by atoms with Gasteiger partial charge in [-0.05, 0) is 62.7 Å². The smallest absolute Gasteiger partial charge is 0.187 e. The Hall–Kier alpha value is -1.30. The Kier molecular flexibility index (Phi) is 5.62. The van der Waals surface area contributed by atoms with Gasteiger partial charge >= 0.3 is 0 Å². The van der Waals surface area contributed by atoms with Crippen LogP contribution in [0, 0.1) is 6.92 Å². The highest BCUT2D eigenvalue weighted by Gasteiger charge is 2.46. The first-order valence-electron chi connectivity index (χ1n) is 9.52. The predicted molar refractivity (Wildman–Crippen MR) is 114 cm³/mol. The van der Waals surface area contributed by atoms with Gasteiger partial charge < -0.3 is 9.64 Å². The van der Waals surface area contributed by atoms with Crippen LogP contribution in [-0.4, -0.2) is 41.7 Å². The van der Waals surface area contributed by atoms with E-state index in [1.54, 1.807) is 11.8 Å². The summed E-state index contributed by atoms with van der Waals surface area (Å²) < 4.78 is 6.51. The van der Waals surface area contributed by atoms with Gasteiger partial charge in [0, 0.05) is 15.9 Å². The lowest BCUT2D eigenvalue weighted by atomic mass is 9.92. The first-order chi connectivity index (χ1) is 13.1. The molecule has 1 atom stereocenters. The Morgan fingerprint density at radius 1 is 1.15 bits per heavy atom. The van der Waals surface area contributed by atoms with Gasteiger partial charge in [-0.2, -0.15) is 0 Å². The van der Waals surface area contributed by atoms with Crippen molar-refractivity contribution in [1.82, 2.24) is 4.90 Å². The highest BCUT2D eigenvalue weighted by Crippen LogP contribution is 2.43. The van der Waals surface area contributed by atoms with Gasteiger partial charge in [-0.3, -0.25) is 4.79 Å². The summed E-state index contributed by atoms with van der Waals surface area (Å²) in [5.74, 6) is 0.896.